The summed E-state index contributed by atoms with van der Waals surface area (Å²) in [6, 6.07) is 5.64. The monoisotopic (exact) mass is 356 g/mol. The Balaban J connectivity index is 1.88. The van der Waals surface area contributed by atoms with E-state index >= 15 is 0 Å². The quantitative estimate of drug-likeness (QED) is 0.573. The third-order valence-corrected chi connectivity index (χ3v) is 3.82. The molecule has 3 aromatic rings. The van der Waals surface area contributed by atoms with Crippen molar-refractivity contribution in [1.29, 1.82) is 0 Å². The molecule has 0 bridgehead atoms. The summed E-state index contributed by atoms with van der Waals surface area (Å²) >= 11 is 0. The molecule has 0 spiro atoms. The maximum atomic E-state index is 14.2. The van der Waals surface area contributed by atoms with Gasteiger partial charge in [0.25, 0.3) is 5.91 Å². The number of hydrogen-bond acceptors (Lipinski definition) is 5. The number of nitrogens with one attached hydrogen (secondary N) is 1. The molecule has 1 aromatic carbocycles. The SMILES string of the molecule is Cc1ccc(-c2cc(C(=O)N[C@H](C)c3noc(C)n3)c[n+]([O-])c2)c(F)c1. The van der Waals surface area contributed by atoms with Crippen molar-refractivity contribution >= 4 is 5.91 Å². The van der Waals surface area contributed by atoms with E-state index in [1.165, 1.54) is 18.3 Å². The minimum atomic E-state index is -0.514. The van der Waals surface area contributed by atoms with Gasteiger partial charge in [0.05, 0.1) is 11.6 Å². The van der Waals surface area contributed by atoms with E-state index < -0.39 is 17.8 Å². The minimum Gasteiger partial charge on any atom is -0.619 e. The second kappa shape index (κ2) is 6.91. The lowest BCUT2D eigenvalue weighted by Crippen LogP contribution is -2.32. The zero-order valence-electron chi connectivity index (χ0n) is 14.5. The van der Waals surface area contributed by atoms with Gasteiger partial charge in [0, 0.05) is 12.5 Å². The van der Waals surface area contributed by atoms with Crippen LogP contribution in [-0.2, 0) is 0 Å². The number of amides is 1. The molecule has 26 heavy (non-hydrogen) atoms. The van der Waals surface area contributed by atoms with Crippen molar-refractivity contribution in [2.45, 2.75) is 26.8 Å². The fourth-order valence-corrected chi connectivity index (χ4v) is 2.51. The normalized spacial score (nSPS) is 12.0. The van der Waals surface area contributed by atoms with Crippen LogP contribution in [0, 0.1) is 24.9 Å². The van der Waals surface area contributed by atoms with Crippen molar-refractivity contribution in [3.63, 3.8) is 0 Å². The molecule has 1 amide bonds. The average Bonchev–Trinajstić information content (AvgIpc) is 3.00. The summed E-state index contributed by atoms with van der Waals surface area (Å²) in [6.07, 6.45) is 2.34. The molecule has 0 saturated heterocycles. The number of aryl methyl sites for hydroxylation is 2. The maximum absolute atomic E-state index is 14.2. The summed E-state index contributed by atoms with van der Waals surface area (Å²) in [6.45, 7) is 5.10. The Bertz CT molecular complexity index is 971. The number of rotatable bonds is 4. The molecular weight excluding hydrogens is 339 g/mol. The largest absolute Gasteiger partial charge is 0.619 e. The zero-order chi connectivity index (χ0) is 18.8. The molecule has 0 saturated carbocycles. The van der Waals surface area contributed by atoms with Crippen LogP contribution in [0.5, 0.6) is 0 Å². The summed E-state index contributed by atoms with van der Waals surface area (Å²) in [4.78, 5) is 16.5. The van der Waals surface area contributed by atoms with E-state index in [2.05, 4.69) is 15.5 Å². The Morgan fingerprint density at radius 1 is 1.31 bits per heavy atom. The highest BCUT2D eigenvalue weighted by molar-refractivity contribution is 5.95. The summed E-state index contributed by atoms with van der Waals surface area (Å²) in [5.41, 5.74) is 1.42. The first-order valence-electron chi connectivity index (χ1n) is 7.95. The standard InChI is InChI=1S/C18H17FN4O3/c1-10-4-5-15(16(19)6-10)13-7-14(9-23(25)8-13)18(24)20-11(2)17-21-12(3)26-22-17/h4-9,11H,1-3H3,(H,20,24)/t11-/m1/s1. The molecule has 0 aliphatic carbocycles. The number of carbonyl (C=O) groups excluding carboxylic acids is 1. The Kier molecular flexibility index (Phi) is 4.66. The second-order valence-electron chi connectivity index (χ2n) is 6.02. The first-order valence-corrected chi connectivity index (χ1v) is 7.95. The highest BCUT2D eigenvalue weighted by Gasteiger charge is 2.19. The average molecular weight is 356 g/mol. The van der Waals surface area contributed by atoms with Crippen LogP contribution in [-0.4, -0.2) is 16.0 Å². The van der Waals surface area contributed by atoms with E-state index in [0.717, 1.165) is 11.8 Å². The number of nitrogens with zero attached hydrogens (tertiary/aromatic N) is 3. The van der Waals surface area contributed by atoms with E-state index in [4.69, 9.17) is 4.52 Å². The van der Waals surface area contributed by atoms with Crippen LogP contribution in [0.2, 0.25) is 0 Å². The molecule has 0 unspecified atom stereocenters. The van der Waals surface area contributed by atoms with E-state index in [9.17, 15) is 14.4 Å². The molecule has 1 atom stereocenters. The molecule has 134 valence electrons. The molecule has 0 aliphatic rings. The third kappa shape index (κ3) is 3.69. The molecule has 8 heteroatoms. The number of aromatic nitrogens is 3. The molecule has 0 fully saturated rings. The van der Waals surface area contributed by atoms with Crippen molar-refractivity contribution in [2.75, 3.05) is 0 Å². The first-order chi connectivity index (χ1) is 12.3. The van der Waals surface area contributed by atoms with E-state index in [1.54, 1.807) is 32.9 Å². The fourth-order valence-electron chi connectivity index (χ4n) is 2.51. The topological polar surface area (TPSA) is 95.0 Å². The second-order valence-corrected chi connectivity index (χ2v) is 6.02. The van der Waals surface area contributed by atoms with Gasteiger partial charge in [-0.25, -0.2) is 4.39 Å². The van der Waals surface area contributed by atoms with Crippen molar-refractivity contribution < 1.29 is 18.4 Å². The van der Waals surface area contributed by atoms with E-state index in [0.29, 0.717) is 22.0 Å². The highest BCUT2D eigenvalue weighted by Crippen LogP contribution is 2.23. The molecule has 3 rings (SSSR count). The lowest BCUT2D eigenvalue weighted by molar-refractivity contribution is -0.605. The van der Waals surface area contributed by atoms with Crippen LogP contribution >= 0.6 is 0 Å². The Morgan fingerprint density at radius 3 is 2.73 bits per heavy atom. The highest BCUT2D eigenvalue weighted by atomic mass is 19.1. The van der Waals surface area contributed by atoms with Gasteiger partial charge in [-0.2, -0.15) is 9.71 Å². The fraction of sp³-hybridized carbons (Fsp3) is 0.222. The molecule has 1 N–H and O–H groups in total. The van der Waals surface area contributed by atoms with Gasteiger partial charge in [-0.05, 0) is 31.5 Å². The predicted molar refractivity (Wildman–Crippen MR) is 90.4 cm³/mol. The summed E-state index contributed by atoms with van der Waals surface area (Å²) in [5, 5.41) is 18.3. The first kappa shape index (κ1) is 17.5. The number of pyridine rings is 1. The molecule has 0 aliphatic heterocycles. The number of hydrogen-bond donors (Lipinski definition) is 1. The van der Waals surface area contributed by atoms with Crippen LogP contribution in [0.25, 0.3) is 11.1 Å². The number of benzene rings is 1. The van der Waals surface area contributed by atoms with Crippen LogP contribution in [0.3, 0.4) is 0 Å². The van der Waals surface area contributed by atoms with Crippen LogP contribution < -0.4 is 10.0 Å². The minimum absolute atomic E-state index is 0.101. The lowest BCUT2D eigenvalue weighted by Gasteiger charge is -2.11. The van der Waals surface area contributed by atoms with Gasteiger partial charge in [0.2, 0.25) is 5.89 Å². The molecule has 7 nitrogen and oxygen atoms in total. The molecular formula is C18H17FN4O3. The Hall–Kier alpha value is -3.29. The number of halogens is 1. The van der Waals surface area contributed by atoms with Crippen molar-refractivity contribution in [2.24, 2.45) is 0 Å². The van der Waals surface area contributed by atoms with Gasteiger partial charge in [0.1, 0.15) is 11.4 Å². The lowest BCUT2D eigenvalue weighted by atomic mass is 10.0. The van der Waals surface area contributed by atoms with Crippen LogP contribution in [0.15, 0.2) is 41.2 Å². The van der Waals surface area contributed by atoms with Crippen molar-refractivity contribution in [3.05, 3.63) is 70.5 Å². The maximum Gasteiger partial charge on any atom is 0.258 e. The number of carbonyl (C=O) groups is 1. The summed E-state index contributed by atoms with van der Waals surface area (Å²) < 4.78 is 19.6. The Morgan fingerprint density at radius 2 is 2.08 bits per heavy atom. The van der Waals surface area contributed by atoms with Gasteiger partial charge in [-0.15, -0.1) is 0 Å². The van der Waals surface area contributed by atoms with Gasteiger partial charge < -0.3 is 15.0 Å². The van der Waals surface area contributed by atoms with Gasteiger partial charge in [0.15, 0.2) is 18.2 Å². The van der Waals surface area contributed by atoms with Gasteiger partial charge in [-0.3, -0.25) is 4.79 Å². The van der Waals surface area contributed by atoms with E-state index in [1.807, 2.05) is 0 Å². The molecule has 2 heterocycles. The molecule has 2 aromatic heterocycles. The summed E-state index contributed by atoms with van der Waals surface area (Å²) in [5.74, 6) is -0.251. The molecule has 0 radical (unpaired) electrons. The smallest absolute Gasteiger partial charge is 0.258 e. The van der Waals surface area contributed by atoms with Crippen LogP contribution in [0.4, 0.5) is 4.39 Å². The van der Waals surface area contributed by atoms with Crippen molar-refractivity contribution in [1.82, 2.24) is 15.5 Å². The van der Waals surface area contributed by atoms with Crippen LogP contribution in [0.1, 0.15) is 40.6 Å². The predicted octanol–water partition coefficient (Wildman–Crippen LogP) is 2.62. The van der Waals surface area contributed by atoms with Crippen molar-refractivity contribution in [3.8, 4) is 11.1 Å². The van der Waals surface area contributed by atoms with E-state index in [-0.39, 0.29) is 11.1 Å². The van der Waals surface area contributed by atoms with Gasteiger partial charge >= 0.3 is 0 Å². The third-order valence-electron chi connectivity index (χ3n) is 3.82. The summed E-state index contributed by atoms with van der Waals surface area (Å²) in [7, 11) is 0. The zero-order valence-corrected chi connectivity index (χ0v) is 14.5. The Labute approximate surface area is 149 Å². The van der Waals surface area contributed by atoms with Gasteiger partial charge in [-0.1, -0.05) is 17.3 Å².